The zero-order valence-corrected chi connectivity index (χ0v) is 24.1. The van der Waals surface area contributed by atoms with E-state index >= 15 is 0 Å². The van der Waals surface area contributed by atoms with Crippen LogP contribution in [-0.2, 0) is 14.9 Å². The third kappa shape index (κ3) is 11.6. The minimum atomic E-state index is -0.0903. The second-order valence-electron chi connectivity index (χ2n) is 11.5. The van der Waals surface area contributed by atoms with Crippen molar-refractivity contribution in [1.82, 2.24) is 0 Å². The number of carbonyl (C=O) groups excluding carboxylic acids is 1. The summed E-state index contributed by atoms with van der Waals surface area (Å²) in [7, 11) is 0. The summed E-state index contributed by atoms with van der Waals surface area (Å²) in [5.74, 6) is 2.18. The number of Topliss-reactive ketones (excluding diaryl/α,β-unsaturated/α-hetero) is 1. The average molecular weight is 523 g/mol. The SMILES string of the molecule is CC(=O)CCCCCCCCCCCCCCOc1ccc(C(C)(C)c2ccc(OCC3CO3)cc2)cc1. The minimum Gasteiger partial charge on any atom is -0.494 e. The van der Waals surface area contributed by atoms with E-state index in [2.05, 4.69) is 62.4 Å². The molecule has 1 atom stereocenters. The van der Waals surface area contributed by atoms with Gasteiger partial charge in [0.05, 0.1) is 13.2 Å². The lowest BCUT2D eigenvalue weighted by molar-refractivity contribution is -0.117. The third-order valence-corrected chi connectivity index (χ3v) is 7.68. The van der Waals surface area contributed by atoms with Gasteiger partial charge in [0.15, 0.2) is 0 Å². The summed E-state index contributed by atoms with van der Waals surface area (Å²) in [6.07, 6.45) is 16.4. The predicted octanol–water partition coefficient (Wildman–Crippen LogP) is 8.83. The summed E-state index contributed by atoms with van der Waals surface area (Å²) >= 11 is 0. The first-order valence-corrected chi connectivity index (χ1v) is 15.0. The van der Waals surface area contributed by atoms with Crippen LogP contribution in [0.25, 0.3) is 0 Å². The Balaban J connectivity index is 1.21. The number of hydrogen-bond donors (Lipinski definition) is 0. The van der Waals surface area contributed by atoms with Gasteiger partial charge in [-0.25, -0.2) is 0 Å². The molecule has 0 saturated carbocycles. The Hall–Kier alpha value is -2.33. The summed E-state index contributed by atoms with van der Waals surface area (Å²) in [5, 5.41) is 0. The van der Waals surface area contributed by atoms with Gasteiger partial charge in [-0.1, -0.05) is 102 Å². The molecule has 1 aliphatic heterocycles. The van der Waals surface area contributed by atoms with E-state index in [1.165, 1.54) is 75.3 Å². The second-order valence-corrected chi connectivity index (χ2v) is 11.5. The van der Waals surface area contributed by atoms with Crippen LogP contribution in [0.4, 0.5) is 0 Å². The van der Waals surface area contributed by atoms with Gasteiger partial charge >= 0.3 is 0 Å². The third-order valence-electron chi connectivity index (χ3n) is 7.68. The average Bonchev–Trinajstić information content (AvgIpc) is 3.75. The highest BCUT2D eigenvalue weighted by atomic mass is 16.6. The molecule has 0 N–H and O–H groups in total. The molecular formula is C34H50O4. The number of rotatable bonds is 21. The minimum absolute atomic E-state index is 0.0903. The Bertz CT molecular complexity index is 913. The van der Waals surface area contributed by atoms with E-state index in [1.807, 2.05) is 0 Å². The van der Waals surface area contributed by atoms with Crippen molar-refractivity contribution in [3.05, 3.63) is 59.7 Å². The van der Waals surface area contributed by atoms with Gasteiger partial charge in [-0.05, 0) is 55.2 Å². The Morgan fingerprint density at radius 3 is 1.58 bits per heavy atom. The molecule has 4 nitrogen and oxygen atoms in total. The van der Waals surface area contributed by atoms with E-state index in [0.717, 1.165) is 44.0 Å². The lowest BCUT2D eigenvalue weighted by atomic mass is 9.78. The summed E-state index contributed by atoms with van der Waals surface area (Å²) in [6.45, 7) is 8.46. The first-order valence-electron chi connectivity index (χ1n) is 15.0. The maximum atomic E-state index is 10.9. The fourth-order valence-corrected chi connectivity index (χ4v) is 4.89. The van der Waals surface area contributed by atoms with Gasteiger partial charge in [-0.2, -0.15) is 0 Å². The van der Waals surface area contributed by atoms with Crippen LogP contribution in [-0.4, -0.2) is 31.7 Å². The van der Waals surface area contributed by atoms with E-state index in [0.29, 0.717) is 12.4 Å². The molecule has 0 bridgehead atoms. The summed E-state index contributed by atoms with van der Waals surface area (Å²) in [4.78, 5) is 10.9. The molecule has 3 rings (SSSR count). The van der Waals surface area contributed by atoms with Crippen molar-refractivity contribution < 1.29 is 19.0 Å². The molecule has 4 heteroatoms. The van der Waals surface area contributed by atoms with Crippen molar-refractivity contribution in [3.8, 4) is 11.5 Å². The summed E-state index contributed by atoms with van der Waals surface area (Å²) in [6, 6.07) is 17.0. The van der Waals surface area contributed by atoms with E-state index in [-0.39, 0.29) is 11.5 Å². The molecule has 2 aromatic rings. The Labute approximate surface area is 231 Å². The molecule has 1 aliphatic rings. The number of epoxide rings is 1. The van der Waals surface area contributed by atoms with Gasteiger partial charge in [0.2, 0.25) is 0 Å². The van der Waals surface area contributed by atoms with Crippen molar-refractivity contribution >= 4 is 5.78 Å². The number of unbranched alkanes of at least 4 members (excludes halogenated alkanes) is 11. The number of benzene rings is 2. The van der Waals surface area contributed by atoms with Crippen LogP contribution in [0.3, 0.4) is 0 Å². The van der Waals surface area contributed by atoms with Gasteiger partial charge in [0.25, 0.3) is 0 Å². The van der Waals surface area contributed by atoms with Gasteiger partial charge in [-0.3, -0.25) is 0 Å². The maximum absolute atomic E-state index is 10.9. The molecule has 1 saturated heterocycles. The Morgan fingerprint density at radius 2 is 1.13 bits per heavy atom. The molecule has 0 aliphatic carbocycles. The number of carbonyl (C=O) groups is 1. The van der Waals surface area contributed by atoms with Crippen LogP contribution in [0, 0.1) is 0 Å². The van der Waals surface area contributed by atoms with Crippen LogP contribution < -0.4 is 9.47 Å². The molecule has 2 aromatic carbocycles. The monoisotopic (exact) mass is 522 g/mol. The normalized spacial score (nSPS) is 14.9. The van der Waals surface area contributed by atoms with Crippen LogP contribution >= 0.6 is 0 Å². The standard InChI is InChI=1S/C34H50O4/c1-28(35)16-14-12-10-8-6-4-5-7-9-11-13-15-25-36-31-21-17-29(18-22-31)34(2,3)30-19-23-32(24-20-30)37-26-33-27-38-33/h17-24,33H,4-16,25-27H2,1-3H3. The maximum Gasteiger partial charge on any atom is 0.129 e. The van der Waals surface area contributed by atoms with Gasteiger partial charge in [0, 0.05) is 11.8 Å². The molecule has 0 aromatic heterocycles. The highest BCUT2D eigenvalue weighted by Crippen LogP contribution is 2.33. The molecule has 0 amide bonds. The molecular weight excluding hydrogens is 472 g/mol. The van der Waals surface area contributed by atoms with Crippen molar-refractivity contribution in [3.63, 3.8) is 0 Å². The lowest BCUT2D eigenvalue weighted by Crippen LogP contribution is -2.18. The molecule has 0 spiro atoms. The van der Waals surface area contributed by atoms with E-state index in [4.69, 9.17) is 14.2 Å². The van der Waals surface area contributed by atoms with Gasteiger partial charge in [-0.15, -0.1) is 0 Å². The Morgan fingerprint density at radius 1 is 0.711 bits per heavy atom. The predicted molar refractivity (Wildman–Crippen MR) is 156 cm³/mol. The lowest BCUT2D eigenvalue weighted by Gasteiger charge is -2.26. The molecule has 0 radical (unpaired) electrons. The van der Waals surface area contributed by atoms with Crippen LogP contribution in [0.1, 0.15) is 115 Å². The number of hydrogen-bond acceptors (Lipinski definition) is 4. The highest BCUT2D eigenvalue weighted by Gasteiger charge is 2.24. The number of ketones is 1. The van der Waals surface area contributed by atoms with E-state index in [9.17, 15) is 4.79 Å². The zero-order valence-electron chi connectivity index (χ0n) is 24.1. The molecule has 1 unspecified atom stereocenters. The highest BCUT2D eigenvalue weighted by molar-refractivity contribution is 5.75. The van der Waals surface area contributed by atoms with Crippen molar-refractivity contribution in [2.24, 2.45) is 0 Å². The van der Waals surface area contributed by atoms with E-state index in [1.54, 1.807) is 6.92 Å². The smallest absolute Gasteiger partial charge is 0.129 e. The topological polar surface area (TPSA) is 48.1 Å². The fourth-order valence-electron chi connectivity index (χ4n) is 4.89. The largest absolute Gasteiger partial charge is 0.494 e. The molecule has 38 heavy (non-hydrogen) atoms. The molecule has 210 valence electrons. The zero-order chi connectivity index (χ0) is 27.1. The summed E-state index contributed by atoms with van der Waals surface area (Å²) < 4.78 is 17.0. The van der Waals surface area contributed by atoms with Crippen LogP contribution in [0.2, 0.25) is 0 Å². The fraction of sp³-hybridized carbons (Fsp3) is 0.618. The quantitative estimate of drug-likeness (QED) is 0.121. The van der Waals surface area contributed by atoms with Crippen molar-refractivity contribution in [2.45, 2.75) is 116 Å². The van der Waals surface area contributed by atoms with Crippen molar-refractivity contribution in [2.75, 3.05) is 19.8 Å². The van der Waals surface area contributed by atoms with E-state index < -0.39 is 0 Å². The Kier molecular flexibility index (Phi) is 13.2. The van der Waals surface area contributed by atoms with Gasteiger partial charge < -0.3 is 19.0 Å². The molecule has 1 fully saturated rings. The summed E-state index contributed by atoms with van der Waals surface area (Å²) in [5.41, 5.74) is 2.45. The van der Waals surface area contributed by atoms with Crippen LogP contribution in [0.5, 0.6) is 11.5 Å². The van der Waals surface area contributed by atoms with Gasteiger partial charge in [0.1, 0.15) is 30.0 Å². The van der Waals surface area contributed by atoms with Crippen molar-refractivity contribution in [1.29, 1.82) is 0 Å². The van der Waals surface area contributed by atoms with Crippen LogP contribution in [0.15, 0.2) is 48.5 Å². The second kappa shape index (κ2) is 16.6. The number of ether oxygens (including phenoxy) is 3. The molecule has 1 heterocycles. The first-order chi connectivity index (χ1) is 18.4. The first kappa shape index (κ1) is 30.2.